The number of thiophene rings is 1. The zero-order valence-electron chi connectivity index (χ0n) is 9.47. The van der Waals surface area contributed by atoms with Gasteiger partial charge in [0.2, 0.25) is 0 Å². The zero-order chi connectivity index (χ0) is 12.1. The first-order valence-electron chi connectivity index (χ1n) is 5.23. The molecule has 17 heavy (non-hydrogen) atoms. The van der Waals surface area contributed by atoms with E-state index in [0.717, 1.165) is 28.4 Å². The summed E-state index contributed by atoms with van der Waals surface area (Å²) in [6, 6.07) is 4.02. The Morgan fingerprint density at radius 1 is 1.35 bits per heavy atom. The van der Waals surface area contributed by atoms with E-state index in [2.05, 4.69) is 21.4 Å². The Morgan fingerprint density at radius 3 is 2.88 bits per heavy atom. The first-order valence-corrected chi connectivity index (χ1v) is 6.11. The summed E-state index contributed by atoms with van der Waals surface area (Å²) in [4.78, 5) is 9.59. The minimum Gasteiger partial charge on any atom is -0.306 e. The van der Waals surface area contributed by atoms with Crippen molar-refractivity contribution in [2.24, 2.45) is 0 Å². The number of nitrogens with one attached hydrogen (secondary N) is 1. The summed E-state index contributed by atoms with van der Waals surface area (Å²) in [6.45, 7) is 3.36. The summed E-state index contributed by atoms with van der Waals surface area (Å²) in [7, 11) is 0. The van der Waals surface area contributed by atoms with Crippen LogP contribution in [0.1, 0.15) is 21.8 Å². The van der Waals surface area contributed by atoms with Crippen LogP contribution in [0.4, 0.5) is 0 Å². The number of nitrogens with zero attached hydrogens (tertiary/aromatic N) is 3. The third-order valence-corrected chi connectivity index (χ3v) is 3.16. The predicted molar refractivity (Wildman–Crippen MR) is 66.3 cm³/mol. The molecular weight excluding hydrogens is 232 g/mol. The molecule has 5 heteroatoms. The summed E-state index contributed by atoms with van der Waals surface area (Å²) >= 11 is 1.59. The standard InChI is InChI=1S/C12H12N4S/c1-9-4-16-11(6-15-9)5-14-7-12-2-10(3-13)8-17-12/h2,4,6,8,14H,5,7H2,1H3. The molecular formula is C12H12N4S. The molecule has 0 atom stereocenters. The maximum Gasteiger partial charge on any atom is 0.100 e. The second-order valence-corrected chi connectivity index (χ2v) is 4.66. The lowest BCUT2D eigenvalue weighted by Gasteiger charge is -2.02. The number of aryl methyl sites for hydroxylation is 1. The Bertz CT molecular complexity index is 524. The summed E-state index contributed by atoms with van der Waals surface area (Å²) in [5, 5.41) is 13.8. The number of nitriles is 1. The lowest BCUT2D eigenvalue weighted by atomic mass is 10.3. The molecule has 0 unspecified atom stereocenters. The average Bonchev–Trinajstić information content (AvgIpc) is 2.80. The van der Waals surface area contributed by atoms with Crippen molar-refractivity contribution in [3.8, 4) is 6.07 Å². The Balaban J connectivity index is 1.83. The van der Waals surface area contributed by atoms with Gasteiger partial charge < -0.3 is 5.32 Å². The van der Waals surface area contributed by atoms with Gasteiger partial charge in [-0.1, -0.05) is 0 Å². The molecule has 86 valence electrons. The lowest BCUT2D eigenvalue weighted by Crippen LogP contribution is -2.13. The van der Waals surface area contributed by atoms with Crippen molar-refractivity contribution in [2.75, 3.05) is 0 Å². The van der Waals surface area contributed by atoms with Crippen LogP contribution in [0.25, 0.3) is 0 Å². The summed E-state index contributed by atoms with van der Waals surface area (Å²) < 4.78 is 0. The van der Waals surface area contributed by atoms with E-state index >= 15 is 0 Å². The minimum absolute atomic E-state index is 0.688. The van der Waals surface area contributed by atoms with Gasteiger partial charge in [-0.3, -0.25) is 9.97 Å². The summed E-state index contributed by atoms with van der Waals surface area (Å²) in [6.07, 6.45) is 3.54. The highest BCUT2D eigenvalue weighted by Crippen LogP contribution is 2.13. The lowest BCUT2D eigenvalue weighted by molar-refractivity contribution is 0.682. The quantitative estimate of drug-likeness (QED) is 0.893. The van der Waals surface area contributed by atoms with Gasteiger partial charge in [-0.15, -0.1) is 11.3 Å². The van der Waals surface area contributed by atoms with Crippen molar-refractivity contribution < 1.29 is 0 Å². The number of hydrogen-bond acceptors (Lipinski definition) is 5. The first kappa shape index (κ1) is 11.7. The van der Waals surface area contributed by atoms with Crippen molar-refractivity contribution >= 4 is 11.3 Å². The van der Waals surface area contributed by atoms with Gasteiger partial charge in [0.15, 0.2) is 0 Å². The van der Waals surface area contributed by atoms with Gasteiger partial charge in [0.05, 0.1) is 17.0 Å². The third kappa shape index (κ3) is 3.34. The molecule has 0 fully saturated rings. The van der Waals surface area contributed by atoms with E-state index in [0.29, 0.717) is 6.54 Å². The maximum atomic E-state index is 8.70. The highest BCUT2D eigenvalue weighted by molar-refractivity contribution is 7.10. The first-order chi connectivity index (χ1) is 8.28. The van der Waals surface area contributed by atoms with Gasteiger partial charge in [0.25, 0.3) is 0 Å². The molecule has 0 radical (unpaired) electrons. The Morgan fingerprint density at radius 2 is 2.24 bits per heavy atom. The van der Waals surface area contributed by atoms with E-state index in [4.69, 9.17) is 5.26 Å². The molecule has 2 aromatic rings. The molecule has 0 saturated carbocycles. The monoisotopic (exact) mass is 244 g/mol. The number of rotatable bonds is 4. The van der Waals surface area contributed by atoms with Gasteiger partial charge in [0, 0.05) is 35.7 Å². The Hall–Kier alpha value is -1.77. The third-order valence-electron chi connectivity index (χ3n) is 2.22. The van der Waals surface area contributed by atoms with Crippen LogP contribution < -0.4 is 5.32 Å². The van der Waals surface area contributed by atoms with Crippen LogP contribution in [0, 0.1) is 18.3 Å². The molecule has 4 nitrogen and oxygen atoms in total. The molecule has 0 aliphatic rings. The smallest absolute Gasteiger partial charge is 0.100 e. The van der Waals surface area contributed by atoms with E-state index in [1.54, 1.807) is 23.7 Å². The van der Waals surface area contributed by atoms with Crippen molar-refractivity contribution in [2.45, 2.75) is 20.0 Å². The van der Waals surface area contributed by atoms with Crippen LogP contribution in [0.5, 0.6) is 0 Å². The molecule has 0 aliphatic heterocycles. The van der Waals surface area contributed by atoms with Crippen LogP contribution in [0.15, 0.2) is 23.8 Å². The second-order valence-electron chi connectivity index (χ2n) is 3.67. The molecule has 0 amide bonds. The van der Waals surface area contributed by atoms with Crippen molar-refractivity contribution in [3.05, 3.63) is 45.7 Å². The van der Waals surface area contributed by atoms with Crippen molar-refractivity contribution in [3.63, 3.8) is 0 Å². The fraction of sp³-hybridized carbons (Fsp3) is 0.250. The van der Waals surface area contributed by atoms with Crippen molar-refractivity contribution in [1.29, 1.82) is 5.26 Å². The van der Waals surface area contributed by atoms with Crippen LogP contribution >= 0.6 is 11.3 Å². The van der Waals surface area contributed by atoms with Crippen LogP contribution in [-0.2, 0) is 13.1 Å². The largest absolute Gasteiger partial charge is 0.306 e. The molecule has 2 heterocycles. The highest BCUT2D eigenvalue weighted by atomic mass is 32.1. The second kappa shape index (κ2) is 5.53. The van der Waals surface area contributed by atoms with Gasteiger partial charge >= 0.3 is 0 Å². The molecule has 2 aromatic heterocycles. The van der Waals surface area contributed by atoms with Crippen LogP contribution in [0.3, 0.4) is 0 Å². The molecule has 0 spiro atoms. The van der Waals surface area contributed by atoms with Crippen LogP contribution in [-0.4, -0.2) is 9.97 Å². The molecule has 0 aliphatic carbocycles. The van der Waals surface area contributed by atoms with Gasteiger partial charge in [-0.05, 0) is 13.0 Å². The van der Waals surface area contributed by atoms with E-state index in [9.17, 15) is 0 Å². The minimum atomic E-state index is 0.688. The molecule has 0 saturated heterocycles. The fourth-order valence-electron chi connectivity index (χ4n) is 1.36. The maximum absolute atomic E-state index is 8.70. The van der Waals surface area contributed by atoms with E-state index in [1.165, 1.54) is 0 Å². The summed E-state index contributed by atoms with van der Waals surface area (Å²) in [5.41, 5.74) is 2.57. The zero-order valence-corrected chi connectivity index (χ0v) is 10.3. The number of hydrogen-bond donors (Lipinski definition) is 1. The highest BCUT2D eigenvalue weighted by Gasteiger charge is 1.99. The summed E-state index contributed by atoms with van der Waals surface area (Å²) in [5.74, 6) is 0. The van der Waals surface area contributed by atoms with Gasteiger partial charge in [0.1, 0.15) is 6.07 Å². The van der Waals surface area contributed by atoms with E-state index in [-0.39, 0.29) is 0 Å². The van der Waals surface area contributed by atoms with Crippen LogP contribution in [0.2, 0.25) is 0 Å². The van der Waals surface area contributed by atoms with E-state index < -0.39 is 0 Å². The normalized spacial score (nSPS) is 10.1. The predicted octanol–water partition coefficient (Wildman–Crippen LogP) is 2.01. The Labute approximate surface area is 104 Å². The number of aromatic nitrogens is 2. The molecule has 1 N–H and O–H groups in total. The van der Waals surface area contributed by atoms with E-state index in [1.807, 2.05) is 18.4 Å². The topological polar surface area (TPSA) is 61.6 Å². The molecule has 0 bridgehead atoms. The Kier molecular flexibility index (Phi) is 3.81. The molecule has 2 rings (SSSR count). The fourth-order valence-corrected chi connectivity index (χ4v) is 2.14. The average molecular weight is 244 g/mol. The van der Waals surface area contributed by atoms with Crippen molar-refractivity contribution in [1.82, 2.24) is 15.3 Å². The van der Waals surface area contributed by atoms with Gasteiger partial charge in [-0.25, -0.2) is 0 Å². The molecule has 0 aromatic carbocycles. The SMILES string of the molecule is Cc1cnc(CNCc2cc(C#N)cs2)cn1. The van der Waals surface area contributed by atoms with Gasteiger partial charge in [-0.2, -0.15) is 5.26 Å².